The fourth-order valence-corrected chi connectivity index (χ4v) is 2.05. The Morgan fingerprint density at radius 2 is 1.95 bits per heavy atom. The van der Waals surface area contributed by atoms with Crippen LogP contribution in [0.1, 0.15) is 26.0 Å². The molecule has 0 amide bonds. The zero-order valence-electron chi connectivity index (χ0n) is 12.5. The maximum absolute atomic E-state index is 13.8. The highest BCUT2D eigenvalue weighted by Crippen LogP contribution is 2.20. The van der Waals surface area contributed by atoms with Crippen LogP contribution in [0.3, 0.4) is 0 Å². The lowest BCUT2D eigenvalue weighted by Crippen LogP contribution is -2.23. The van der Waals surface area contributed by atoms with Gasteiger partial charge in [-0.15, -0.1) is 0 Å². The molecule has 1 aromatic carbocycles. The minimum atomic E-state index is -0.214. The lowest BCUT2D eigenvalue weighted by atomic mass is 10.2. The second-order valence-electron chi connectivity index (χ2n) is 4.79. The molecule has 0 radical (unpaired) electrons. The zero-order valence-corrected chi connectivity index (χ0v) is 12.5. The maximum atomic E-state index is 13.8. The molecular formula is C16H21FN4. The number of halogens is 1. The first-order valence-corrected chi connectivity index (χ1v) is 7.28. The number of aromatic nitrogens is 2. The van der Waals surface area contributed by atoms with Crippen molar-refractivity contribution in [3.63, 3.8) is 0 Å². The van der Waals surface area contributed by atoms with Gasteiger partial charge in [-0.2, -0.15) is 0 Å². The van der Waals surface area contributed by atoms with Crippen LogP contribution in [0.5, 0.6) is 0 Å². The first kappa shape index (κ1) is 15.2. The van der Waals surface area contributed by atoms with E-state index in [-0.39, 0.29) is 5.82 Å². The summed E-state index contributed by atoms with van der Waals surface area (Å²) in [4.78, 5) is 10.7. The van der Waals surface area contributed by atoms with E-state index in [1.54, 1.807) is 24.5 Å². The highest BCUT2D eigenvalue weighted by atomic mass is 19.1. The Hall–Kier alpha value is -2.17. The van der Waals surface area contributed by atoms with Crippen LogP contribution < -0.4 is 10.2 Å². The van der Waals surface area contributed by atoms with Crippen LogP contribution in [0.4, 0.5) is 15.9 Å². The van der Waals surface area contributed by atoms with Gasteiger partial charge in [0.2, 0.25) is 0 Å². The quantitative estimate of drug-likeness (QED) is 0.847. The number of hydrogen-bond donors (Lipinski definition) is 1. The lowest BCUT2D eigenvalue weighted by molar-refractivity contribution is 0.617. The Morgan fingerprint density at radius 3 is 2.57 bits per heavy atom. The standard InChI is InChI=1S/C16H21FN4/c1-3-9-18-16-11-19-13(10-20-16)12-21(4-2)15-8-6-5-7-14(15)17/h5-8,10-11H,3-4,9,12H2,1-2H3,(H,18,20). The van der Waals surface area contributed by atoms with Crippen molar-refractivity contribution in [1.82, 2.24) is 9.97 Å². The third-order valence-corrected chi connectivity index (χ3v) is 3.19. The van der Waals surface area contributed by atoms with Crippen molar-refractivity contribution < 1.29 is 4.39 Å². The van der Waals surface area contributed by atoms with E-state index in [1.807, 2.05) is 17.9 Å². The molecule has 5 heteroatoms. The fourth-order valence-electron chi connectivity index (χ4n) is 2.05. The number of para-hydroxylation sites is 1. The van der Waals surface area contributed by atoms with Crippen molar-refractivity contribution in [2.75, 3.05) is 23.3 Å². The number of hydrogen-bond acceptors (Lipinski definition) is 4. The van der Waals surface area contributed by atoms with Crippen LogP contribution in [0.15, 0.2) is 36.7 Å². The van der Waals surface area contributed by atoms with Gasteiger partial charge in [-0.3, -0.25) is 4.98 Å². The summed E-state index contributed by atoms with van der Waals surface area (Å²) in [5, 5.41) is 3.18. The Bertz CT molecular complexity index is 556. The van der Waals surface area contributed by atoms with E-state index in [2.05, 4.69) is 22.2 Å². The van der Waals surface area contributed by atoms with Crippen LogP contribution in [0.2, 0.25) is 0 Å². The van der Waals surface area contributed by atoms with Gasteiger partial charge in [-0.05, 0) is 25.5 Å². The predicted molar refractivity (Wildman–Crippen MR) is 83.9 cm³/mol. The highest BCUT2D eigenvalue weighted by Gasteiger charge is 2.10. The topological polar surface area (TPSA) is 41.1 Å². The molecule has 1 aromatic heterocycles. The Morgan fingerprint density at radius 1 is 1.14 bits per heavy atom. The average Bonchev–Trinajstić information content (AvgIpc) is 2.52. The molecule has 0 unspecified atom stereocenters. The third kappa shape index (κ3) is 4.15. The molecule has 21 heavy (non-hydrogen) atoms. The smallest absolute Gasteiger partial charge is 0.146 e. The summed E-state index contributed by atoms with van der Waals surface area (Å²) in [7, 11) is 0. The van der Waals surface area contributed by atoms with Crippen LogP contribution in [0.25, 0.3) is 0 Å². The SMILES string of the molecule is CCCNc1cnc(CN(CC)c2ccccc2F)cn1. The van der Waals surface area contributed by atoms with Gasteiger partial charge >= 0.3 is 0 Å². The summed E-state index contributed by atoms with van der Waals surface area (Å²) >= 11 is 0. The molecular weight excluding hydrogens is 267 g/mol. The van der Waals surface area contributed by atoms with Gasteiger partial charge in [-0.25, -0.2) is 9.37 Å². The number of benzene rings is 1. The molecule has 0 atom stereocenters. The van der Waals surface area contributed by atoms with E-state index < -0.39 is 0 Å². The maximum Gasteiger partial charge on any atom is 0.146 e. The second kappa shape index (κ2) is 7.57. The summed E-state index contributed by atoms with van der Waals surface area (Å²) in [5.41, 5.74) is 1.41. The van der Waals surface area contributed by atoms with Gasteiger partial charge in [-0.1, -0.05) is 19.1 Å². The number of nitrogens with zero attached hydrogens (tertiary/aromatic N) is 3. The molecule has 0 aliphatic rings. The van der Waals surface area contributed by atoms with E-state index in [1.165, 1.54) is 6.07 Å². The molecule has 2 rings (SSSR count). The molecule has 0 saturated heterocycles. The van der Waals surface area contributed by atoms with E-state index in [9.17, 15) is 4.39 Å². The van der Waals surface area contributed by atoms with Gasteiger partial charge in [0.25, 0.3) is 0 Å². The fraction of sp³-hybridized carbons (Fsp3) is 0.375. The molecule has 112 valence electrons. The highest BCUT2D eigenvalue weighted by molar-refractivity contribution is 5.47. The molecule has 1 heterocycles. The predicted octanol–water partition coefficient (Wildman–Crippen LogP) is 3.46. The summed E-state index contributed by atoms with van der Waals surface area (Å²) < 4.78 is 13.8. The Kier molecular flexibility index (Phi) is 5.49. The first-order valence-electron chi connectivity index (χ1n) is 7.28. The summed E-state index contributed by atoms with van der Waals surface area (Å²) in [5.74, 6) is 0.558. The van der Waals surface area contributed by atoms with Crippen molar-refractivity contribution in [2.24, 2.45) is 0 Å². The molecule has 0 bridgehead atoms. The lowest BCUT2D eigenvalue weighted by Gasteiger charge is -2.23. The molecule has 0 aliphatic carbocycles. The molecule has 0 saturated carbocycles. The largest absolute Gasteiger partial charge is 0.369 e. The number of anilines is 2. The van der Waals surface area contributed by atoms with Gasteiger partial charge in [0.05, 0.1) is 30.3 Å². The molecule has 2 aromatic rings. The average molecular weight is 288 g/mol. The van der Waals surface area contributed by atoms with Crippen molar-refractivity contribution in [2.45, 2.75) is 26.8 Å². The van der Waals surface area contributed by atoms with Gasteiger partial charge < -0.3 is 10.2 Å². The van der Waals surface area contributed by atoms with Gasteiger partial charge in [0.15, 0.2) is 0 Å². The summed E-state index contributed by atoms with van der Waals surface area (Å²) in [6.07, 6.45) is 4.50. The normalized spacial score (nSPS) is 10.4. The van der Waals surface area contributed by atoms with E-state index in [0.29, 0.717) is 18.8 Å². The van der Waals surface area contributed by atoms with Crippen LogP contribution >= 0.6 is 0 Å². The van der Waals surface area contributed by atoms with Crippen LogP contribution in [-0.4, -0.2) is 23.1 Å². The van der Waals surface area contributed by atoms with E-state index >= 15 is 0 Å². The first-order chi connectivity index (χ1) is 10.2. The summed E-state index contributed by atoms with van der Waals surface area (Å²) in [6, 6.07) is 6.79. The molecule has 0 aliphatic heterocycles. The number of rotatable bonds is 7. The molecule has 0 fully saturated rings. The minimum absolute atomic E-state index is 0.214. The van der Waals surface area contributed by atoms with E-state index in [0.717, 1.165) is 24.5 Å². The van der Waals surface area contributed by atoms with Crippen LogP contribution in [0, 0.1) is 5.82 Å². The van der Waals surface area contributed by atoms with Crippen molar-refractivity contribution >= 4 is 11.5 Å². The van der Waals surface area contributed by atoms with Crippen LogP contribution in [-0.2, 0) is 6.54 Å². The van der Waals surface area contributed by atoms with Crippen molar-refractivity contribution in [3.05, 3.63) is 48.2 Å². The van der Waals surface area contributed by atoms with Gasteiger partial charge in [0, 0.05) is 13.1 Å². The monoisotopic (exact) mass is 288 g/mol. The second-order valence-corrected chi connectivity index (χ2v) is 4.79. The van der Waals surface area contributed by atoms with Crippen molar-refractivity contribution in [3.8, 4) is 0 Å². The summed E-state index contributed by atoms with van der Waals surface area (Å²) in [6.45, 7) is 6.22. The van der Waals surface area contributed by atoms with Crippen molar-refractivity contribution in [1.29, 1.82) is 0 Å². The number of nitrogens with one attached hydrogen (secondary N) is 1. The Balaban J connectivity index is 2.07. The third-order valence-electron chi connectivity index (χ3n) is 3.19. The minimum Gasteiger partial charge on any atom is -0.369 e. The molecule has 1 N–H and O–H groups in total. The van der Waals surface area contributed by atoms with E-state index in [4.69, 9.17) is 0 Å². The van der Waals surface area contributed by atoms with Gasteiger partial charge in [0.1, 0.15) is 11.6 Å². The molecule has 0 spiro atoms. The zero-order chi connectivity index (χ0) is 15.1. The molecule has 4 nitrogen and oxygen atoms in total. The Labute approximate surface area is 125 Å².